The zero-order valence-electron chi connectivity index (χ0n) is 13.3. The van der Waals surface area contributed by atoms with Crippen molar-refractivity contribution in [1.82, 2.24) is 10.2 Å². The minimum absolute atomic E-state index is 0.0227. The van der Waals surface area contributed by atoms with Crippen LogP contribution < -0.4 is 5.32 Å². The van der Waals surface area contributed by atoms with Crippen molar-refractivity contribution < 1.29 is 9.50 Å². The first kappa shape index (κ1) is 15.9. The van der Waals surface area contributed by atoms with Gasteiger partial charge < -0.3 is 15.3 Å². The van der Waals surface area contributed by atoms with E-state index in [4.69, 9.17) is 0 Å². The number of hydrogen-bond acceptors (Lipinski definition) is 3. The Balaban J connectivity index is 1.45. The maximum Gasteiger partial charge on any atom is 0.123 e. The number of nitrogens with one attached hydrogen (secondary N) is 1. The first-order chi connectivity index (χ1) is 10.6. The Morgan fingerprint density at radius 1 is 1.18 bits per heavy atom. The molecule has 2 N–H and O–H groups in total. The van der Waals surface area contributed by atoms with E-state index in [0.717, 1.165) is 37.4 Å². The number of halogens is 1. The van der Waals surface area contributed by atoms with Gasteiger partial charge in [0.15, 0.2) is 0 Å². The number of aliphatic hydroxyl groups is 1. The van der Waals surface area contributed by atoms with Crippen LogP contribution >= 0.6 is 0 Å². The molecule has 1 saturated heterocycles. The van der Waals surface area contributed by atoms with Gasteiger partial charge in [0, 0.05) is 18.6 Å². The van der Waals surface area contributed by atoms with Gasteiger partial charge >= 0.3 is 0 Å². The topological polar surface area (TPSA) is 35.5 Å². The molecule has 1 saturated carbocycles. The third-order valence-electron chi connectivity index (χ3n) is 4.98. The summed E-state index contributed by atoms with van der Waals surface area (Å²) in [5.74, 6) is 0.698. The number of aliphatic hydroxyl groups excluding tert-OH is 1. The van der Waals surface area contributed by atoms with Crippen LogP contribution in [0.5, 0.6) is 0 Å². The highest BCUT2D eigenvalue weighted by molar-refractivity contribution is 5.19. The summed E-state index contributed by atoms with van der Waals surface area (Å²) in [5.41, 5.74) is 0.771. The second-order valence-corrected chi connectivity index (χ2v) is 6.97. The van der Waals surface area contributed by atoms with Gasteiger partial charge in [0.05, 0.1) is 6.10 Å². The van der Waals surface area contributed by atoms with Gasteiger partial charge in [0.2, 0.25) is 0 Å². The van der Waals surface area contributed by atoms with Gasteiger partial charge in [-0.15, -0.1) is 0 Å². The maximum atomic E-state index is 13.0. The largest absolute Gasteiger partial charge is 0.387 e. The average Bonchev–Trinajstić information content (AvgIpc) is 3.33. The van der Waals surface area contributed by atoms with Crippen LogP contribution in [0.4, 0.5) is 4.39 Å². The average molecular weight is 306 g/mol. The summed E-state index contributed by atoms with van der Waals surface area (Å²) in [6.45, 7) is 5.60. The minimum Gasteiger partial charge on any atom is -0.387 e. The van der Waals surface area contributed by atoms with Crippen LogP contribution in [0.3, 0.4) is 0 Å². The lowest BCUT2D eigenvalue weighted by Crippen LogP contribution is -2.47. The van der Waals surface area contributed by atoms with Crippen molar-refractivity contribution in [3.8, 4) is 0 Å². The Morgan fingerprint density at radius 2 is 1.82 bits per heavy atom. The van der Waals surface area contributed by atoms with Gasteiger partial charge in [0.25, 0.3) is 0 Å². The van der Waals surface area contributed by atoms with Crippen molar-refractivity contribution in [1.29, 1.82) is 0 Å². The molecule has 3 rings (SSSR count). The highest BCUT2D eigenvalue weighted by atomic mass is 19.1. The van der Waals surface area contributed by atoms with Gasteiger partial charge in [-0.2, -0.15) is 0 Å². The van der Waals surface area contributed by atoms with Gasteiger partial charge in [-0.3, -0.25) is 0 Å². The van der Waals surface area contributed by atoms with E-state index >= 15 is 0 Å². The number of benzene rings is 1. The second kappa shape index (κ2) is 7.07. The highest BCUT2D eigenvalue weighted by Gasteiger charge is 2.28. The van der Waals surface area contributed by atoms with Gasteiger partial charge in [-0.25, -0.2) is 4.39 Å². The lowest BCUT2D eigenvalue weighted by atomic mass is 9.99. The van der Waals surface area contributed by atoms with E-state index in [-0.39, 0.29) is 11.9 Å². The summed E-state index contributed by atoms with van der Waals surface area (Å²) in [6.07, 6.45) is 4.53. The highest BCUT2D eigenvalue weighted by Crippen LogP contribution is 2.30. The normalized spacial score (nSPS) is 23.4. The molecule has 0 spiro atoms. The molecule has 1 aliphatic carbocycles. The van der Waals surface area contributed by atoms with Crippen molar-refractivity contribution >= 4 is 0 Å². The molecule has 122 valence electrons. The molecular formula is C18H27FN2O. The smallest absolute Gasteiger partial charge is 0.123 e. The molecular weight excluding hydrogens is 279 g/mol. The number of hydrogen-bond donors (Lipinski definition) is 2. The summed E-state index contributed by atoms with van der Waals surface area (Å²) in [5, 5.41) is 13.9. The summed E-state index contributed by atoms with van der Waals surface area (Å²) < 4.78 is 13.0. The van der Waals surface area contributed by atoms with Crippen molar-refractivity contribution in [2.24, 2.45) is 5.92 Å². The predicted molar refractivity (Wildman–Crippen MR) is 86.1 cm³/mol. The SMILES string of the molecule is CC(NC1CCN(CC2CC2)CC1)C(O)c1ccc(F)cc1. The minimum atomic E-state index is -0.593. The quantitative estimate of drug-likeness (QED) is 0.848. The third-order valence-corrected chi connectivity index (χ3v) is 4.98. The predicted octanol–water partition coefficient (Wildman–Crippen LogP) is 2.71. The van der Waals surface area contributed by atoms with E-state index in [9.17, 15) is 9.50 Å². The van der Waals surface area contributed by atoms with E-state index < -0.39 is 6.10 Å². The number of nitrogens with zero attached hydrogens (tertiary/aromatic N) is 1. The molecule has 1 aliphatic heterocycles. The van der Waals surface area contributed by atoms with Crippen LogP contribution in [0.15, 0.2) is 24.3 Å². The number of piperidine rings is 1. The first-order valence-electron chi connectivity index (χ1n) is 8.54. The molecule has 2 aliphatic rings. The molecule has 2 unspecified atom stereocenters. The summed E-state index contributed by atoms with van der Waals surface area (Å²) in [4.78, 5) is 2.58. The summed E-state index contributed by atoms with van der Waals surface area (Å²) in [7, 11) is 0. The van der Waals surface area contributed by atoms with Crippen LogP contribution in [-0.4, -0.2) is 41.7 Å². The molecule has 0 aromatic heterocycles. The molecule has 0 radical (unpaired) electrons. The van der Waals surface area contributed by atoms with Crippen molar-refractivity contribution in [2.45, 2.75) is 50.8 Å². The molecule has 22 heavy (non-hydrogen) atoms. The molecule has 1 heterocycles. The van der Waals surface area contributed by atoms with Crippen molar-refractivity contribution in [3.05, 3.63) is 35.6 Å². The van der Waals surface area contributed by atoms with E-state index in [1.807, 2.05) is 6.92 Å². The summed E-state index contributed by atoms with van der Waals surface area (Å²) >= 11 is 0. The lowest BCUT2D eigenvalue weighted by molar-refractivity contribution is 0.114. The fourth-order valence-electron chi connectivity index (χ4n) is 3.36. The Bertz CT molecular complexity index is 466. The maximum absolute atomic E-state index is 13.0. The molecule has 2 fully saturated rings. The van der Waals surface area contributed by atoms with E-state index in [2.05, 4.69) is 10.2 Å². The zero-order chi connectivity index (χ0) is 15.5. The Kier molecular flexibility index (Phi) is 5.11. The van der Waals surface area contributed by atoms with Crippen molar-refractivity contribution in [3.63, 3.8) is 0 Å². The Labute approximate surface area is 132 Å². The van der Waals surface area contributed by atoms with E-state index in [1.165, 1.54) is 31.5 Å². The molecule has 1 aromatic carbocycles. The third kappa shape index (κ3) is 4.28. The van der Waals surface area contributed by atoms with E-state index in [1.54, 1.807) is 12.1 Å². The molecule has 1 aromatic rings. The van der Waals surface area contributed by atoms with Gasteiger partial charge in [-0.05, 0) is 69.3 Å². The van der Waals surface area contributed by atoms with Crippen molar-refractivity contribution in [2.75, 3.05) is 19.6 Å². The molecule has 0 amide bonds. The number of likely N-dealkylation sites (tertiary alicyclic amines) is 1. The summed E-state index contributed by atoms with van der Waals surface area (Å²) in [6, 6.07) is 6.59. The lowest BCUT2D eigenvalue weighted by Gasteiger charge is -2.35. The van der Waals surface area contributed by atoms with Gasteiger partial charge in [-0.1, -0.05) is 12.1 Å². The Hall–Kier alpha value is -0.970. The van der Waals surface area contributed by atoms with Gasteiger partial charge in [0.1, 0.15) is 5.82 Å². The van der Waals surface area contributed by atoms with Crippen LogP contribution in [0.1, 0.15) is 44.3 Å². The standard InChI is InChI=1S/C18H27FN2O/c1-13(18(22)15-4-6-16(19)7-5-15)20-17-8-10-21(11-9-17)12-14-2-3-14/h4-7,13-14,17-18,20,22H,2-3,8-12H2,1H3. The molecule has 2 atom stereocenters. The fraction of sp³-hybridized carbons (Fsp3) is 0.667. The molecule has 4 heteroatoms. The zero-order valence-corrected chi connectivity index (χ0v) is 13.3. The van der Waals surface area contributed by atoms with Crippen LogP contribution in [0.25, 0.3) is 0 Å². The first-order valence-corrected chi connectivity index (χ1v) is 8.54. The number of rotatable bonds is 6. The fourth-order valence-corrected chi connectivity index (χ4v) is 3.36. The van der Waals surface area contributed by atoms with Crippen LogP contribution in [-0.2, 0) is 0 Å². The van der Waals surface area contributed by atoms with E-state index in [0.29, 0.717) is 6.04 Å². The van der Waals surface area contributed by atoms with Crippen LogP contribution in [0, 0.1) is 11.7 Å². The molecule has 3 nitrogen and oxygen atoms in total. The molecule has 0 bridgehead atoms. The second-order valence-electron chi connectivity index (χ2n) is 6.97. The Morgan fingerprint density at radius 3 is 2.41 bits per heavy atom. The van der Waals surface area contributed by atoms with Crippen LogP contribution in [0.2, 0.25) is 0 Å². The monoisotopic (exact) mass is 306 g/mol.